The van der Waals surface area contributed by atoms with Crippen LogP contribution in [0.15, 0.2) is 18.2 Å². The van der Waals surface area contributed by atoms with Crippen LogP contribution in [0.4, 0.5) is 0 Å². The van der Waals surface area contributed by atoms with Crippen LogP contribution >= 0.6 is 11.3 Å². The summed E-state index contributed by atoms with van der Waals surface area (Å²) >= 11 is 1.61. The van der Waals surface area contributed by atoms with Crippen LogP contribution in [-0.4, -0.2) is 30.0 Å². The summed E-state index contributed by atoms with van der Waals surface area (Å²) in [5.74, 6) is 2.22. The minimum Gasteiger partial charge on any atom is -0.486 e. The summed E-state index contributed by atoms with van der Waals surface area (Å²) in [7, 11) is 0. The molecule has 21 heavy (non-hydrogen) atoms. The Morgan fingerprint density at radius 3 is 2.81 bits per heavy atom. The Morgan fingerprint density at radius 2 is 2.00 bits per heavy atom. The number of nitrogens with one attached hydrogen (secondary N) is 1. The summed E-state index contributed by atoms with van der Waals surface area (Å²) < 4.78 is 11.1. The van der Waals surface area contributed by atoms with E-state index >= 15 is 0 Å². The standard InChI is InChI=1S/C15H19N3O2S/c1-10(2)8-16-9-14-17-18-15(21-14)11-3-4-12-13(7-11)20-6-5-19-12/h3-4,7,10,16H,5-6,8-9H2,1-2H3. The molecule has 0 aliphatic carbocycles. The van der Waals surface area contributed by atoms with E-state index in [9.17, 15) is 0 Å². The lowest BCUT2D eigenvalue weighted by Gasteiger charge is -2.18. The highest BCUT2D eigenvalue weighted by molar-refractivity contribution is 7.14. The number of rotatable bonds is 5. The molecule has 0 radical (unpaired) electrons. The summed E-state index contributed by atoms with van der Waals surface area (Å²) in [5, 5.41) is 13.8. The van der Waals surface area contributed by atoms with E-state index in [-0.39, 0.29) is 0 Å². The van der Waals surface area contributed by atoms with Crippen molar-refractivity contribution in [3.8, 4) is 22.1 Å². The van der Waals surface area contributed by atoms with E-state index in [0.29, 0.717) is 19.1 Å². The van der Waals surface area contributed by atoms with E-state index in [4.69, 9.17) is 9.47 Å². The van der Waals surface area contributed by atoms with Crippen LogP contribution in [0, 0.1) is 5.92 Å². The molecule has 0 bridgehead atoms. The Bertz CT molecular complexity index is 613. The number of ether oxygens (including phenoxy) is 2. The monoisotopic (exact) mass is 305 g/mol. The highest BCUT2D eigenvalue weighted by Crippen LogP contribution is 2.35. The number of hydrogen-bond acceptors (Lipinski definition) is 6. The molecule has 0 unspecified atom stereocenters. The number of benzene rings is 1. The van der Waals surface area contributed by atoms with Crippen LogP contribution < -0.4 is 14.8 Å². The fraction of sp³-hybridized carbons (Fsp3) is 0.467. The highest BCUT2D eigenvalue weighted by atomic mass is 32.1. The van der Waals surface area contributed by atoms with Crippen molar-refractivity contribution in [2.75, 3.05) is 19.8 Å². The maximum absolute atomic E-state index is 5.60. The van der Waals surface area contributed by atoms with Crippen molar-refractivity contribution >= 4 is 11.3 Å². The predicted octanol–water partition coefficient (Wildman–Crippen LogP) is 2.72. The van der Waals surface area contributed by atoms with Crippen molar-refractivity contribution in [1.82, 2.24) is 15.5 Å². The van der Waals surface area contributed by atoms with Gasteiger partial charge < -0.3 is 14.8 Å². The van der Waals surface area contributed by atoms with Gasteiger partial charge in [0.15, 0.2) is 11.5 Å². The van der Waals surface area contributed by atoms with Crippen molar-refractivity contribution in [3.05, 3.63) is 23.2 Å². The van der Waals surface area contributed by atoms with Gasteiger partial charge in [0.25, 0.3) is 0 Å². The lowest BCUT2D eigenvalue weighted by Crippen LogP contribution is -2.18. The van der Waals surface area contributed by atoms with Gasteiger partial charge in [-0.15, -0.1) is 10.2 Å². The summed E-state index contributed by atoms with van der Waals surface area (Å²) in [6, 6.07) is 5.90. The molecule has 1 N–H and O–H groups in total. The van der Waals surface area contributed by atoms with Crippen LogP contribution in [0.25, 0.3) is 10.6 Å². The second kappa shape index (κ2) is 6.41. The zero-order valence-corrected chi connectivity index (χ0v) is 13.1. The van der Waals surface area contributed by atoms with Crippen molar-refractivity contribution < 1.29 is 9.47 Å². The summed E-state index contributed by atoms with van der Waals surface area (Å²) in [6.45, 7) is 7.33. The average molecular weight is 305 g/mol. The molecule has 6 heteroatoms. The average Bonchev–Trinajstić information content (AvgIpc) is 2.95. The third-order valence-corrected chi connectivity index (χ3v) is 4.06. The van der Waals surface area contributed by atoms with E-state index < -0.39 is 0 Å². The molecule has 0 amide bonds. The molecule has 0 saturated carbocycles. The summed E-state index contributed by atoms with van der Waals surface area (Å²) in [6.07, 6.45) is 0. The molecule has 3 rings (SSSR count). The number of fused-ring (bicyclic) bond motifs is 1. The molecule has 1 aliphatic heterocycles. The Kier molecular flexibility index (Phi) is 4.36. The maximum Gasteiger partial charge on any atom is 0.162 e. The lowest BCUT2D eigenvalue weighted by atomic mass is 10.2. The van der Waals surface area contributed by atoms with E-state index in [1.807, 2.05) is 18.2 Å². The van der Waals surface area contributed by atoms with Crippen molar-refractivity contribution in [3.63, 3.8) is 0 Å². The first-order valence-corrected chi connectivity index (χ1v) is 7.97. The van der Waals surface area contributed by atoms with Gasteiger partial charge in [-0.05, 0) is 30.7 Å². The van der Waals surface area contributed by atoms with Gasteiger partial charge in [0.1, 0.15) is 23.2 Å². The topological polar surface area (TPSA) is 56.3 Å². The van der Waals surface area contributed by atoms with Crippen LogP contribution in [0.2, 0.25) is 0 Å². The van der Waals surface area contributed by atoms with E-state index in [0.717, 1.165) is 40.2 Å². The van der Waals surface area contributed by atoms with Gasteiger partial charge in [-0.25, -0.2) is 0 Å². The van der Waals surface area contributed by atoms with Crippen LogP contribution in [0.5, 0.6) is 11.5 Å². The zero-order chi connectivity index (χ0) is 14.7. The summed E-state index contributed by atoms with van der Waals surface area (Å²) in [5.41, 5.74) is 1.02. The Balaban J connectivity index is 1.71. The van der Waals surface area contributed by atoms with E-state index in [1.165, 1.54) is 0 Å². The first kappa shape index (κ1) is 14.3. The minimum absolute atomic E-state index is 0.594. The second-order valence-corrected chi connectivity index (χ2v) is 6.45. The molecule has 0 fully saturated rings. The van der Waals surface area contributed by atoms with Gasteiger partial charge in [-0.2, -0.15) is 0 Å². The first-order valence-electron chi connectivity index (χ1n) is 7.15. The maximum atomic E-state index is 5.60. The van der Waals surface area contributed by atoms with Gasteiger partial charge in [0.05, 0.1) is 0 Å². The minimum atomic E-state index is 0.594. The SMILES string of the molecule is CC(C)CNCc1nnc(-c2ccc3c(c2)OCCO3)s1. The van der Waals surface area contributed by atoms with Crippen LogP contribution in [0.3, 0.4) is 0 Å². The number of hydrogen-bond donors (Lipinski definition) is 1. The van der Waals surface area contributed by atoms with Crippen molar-refractivity contribution in [2.45, 2.75) is 20.4 Å². The lowest BCUT2D eigenvalue weighted by molar-refractivity contribution is 0.171. The Hall–Kier alpha value is -1.66. The third kappa shape index (κ3) is 3.51. The zero-order valence-electron chi connectivity index (χ0n) is 12.3. The molecule has 2 aromatic rings. The van der Waals surface area contributed by atoms with Gasteiger partial charge in [0, 0.05) is 12.1 Å². The molecular formula is C15H19N3O2S. The molecule has 0 saturated heterocycles. The molecule has 1 aliphatic rings. The van der Waals surface area contributed by atoms with Crippen LogP contribution in [-0.2, 0) is 6.54 Å². The summed E-state index contributed by atoms with van der Waals surface area (Å²) in [4.78, 5) is 0. The smallest absolute Gasteiger partial charge is 0.162 e. The second-order valence-electron chi connectivity index (χ2n) is 5.38. The Labute approximate surface area is 128 Å². The normalized spacial score (nSPS) is 13.7. The van der Waals surface area contributed by atoms with Gasteiger partial charge in [0.2, 0.25) is 0 Å². The third-order valence-electron chi connectivity index (χ3n) is 3.08. The molecule has 1 aromatic carbocycles. The van der Waals surface area contributed by atoms with E-state index in [2.05, 4.69) is 29.4 Å². The van der Waals surface area contributed by atoms with Gasteiger partial charge in [-0.3, -0.25) is 0 Å². The fourth-order valence-electron chi connectivity index (χ4n) is 2.09. The molecule has 0 atom stereocenters. The number of aromatic nitrogens is 2. The molecule has 2 heterocycles. The Morgan fingerprint density at radius 1 is 1.19 bits per heavy atom. The predicted molar refractivity (Wildman–Crippen MR) is 82.9 cm³/mol. The molecule has 112 valence electrons. The fourth-order valence-corrected chi connectivity index (χ4v) is 2.89. The van der Waals surface area contributed by atoms with Gasteiger partial charge >= 0.3 is 0 Å². The van der Waals surface area contributed by atoms with Crippen molar-refractivity contribution in [1.29, 1.82) is 0 Å². The highest BCUT2D eigenvalue weighted by Gasteiger charge is 2.14. The largest absolute Gasteiger partial charge is 0.486 e. The quantitative estimate of drug-likeness (QED) is 0.920. The molecular weight excluding hydrogens is 286 g/mol. The van der Waals surface area contributed by atoms with Crippen molar-refractivity contribution in [2.24, 2.45) is 5.92 Å². The number of nitrogens with zero attached hydrogens (tertiary/aromatic N) is 2. The first-order chi connectivity index (χ1) is 10.2. The molecule has 0 spiro atoms. The molecule has 1 aromatic heterocycles. The van der Waals surface area contributed by atoms with E-state index in [1.54, 1.807) is 11.3 Å². The van der Waals surface area contributed by atoms with Crippen LogP contribution in [0.1, 0.15) is 18.9 Å². The molecule has 5 nitrogen and oxygen atoms in total. The van der Waals surface area contributed by atoms with Gasteiger partial charge in [-0.1, -0.05) is 25.2 Å².